The average molecular weight is 335 g/mol. The molecule has 6 nitrogen and oxygen atoms in total. The number of carbonyl (C=O) groups excluding carboxylic acids is 1. The minimum atomic E-state index is 0.140. The summed E-state index contributed by atoms with van der Waals surface area (Å²) in [6.07, 6.45) is 5.30. The summed E-state index contributed by atoms with van der Waals surface area (Å²) in [5.41, 5.74) is 2.13. The maximum atomic E-state index is 12.6. The number of hydrogen-bond donors (Lipinski definition) is 0. The molecule has 0 radical (unpaired) electrons. The highest BCUT2D eigenvalue weighted by Crippen LogP contribution is 2.15. The van der Waals surface area contributed by atoms with E-state index in [9.17, 15) is 4.79 Å². The van der Waals surface area contributed by atoms with E-state index in [4.69, 9.17) is 0 Å². The number of aromatic nitrogens is 4. The Bertz CT molecular complexity index is 864. The zero-order valence-corrected chi connectivity index (χ0v) is 14.3. The lowest BCUT2D eigenvalue weighted by Gasteiger charge is -2.28. The number of nitrogens with zero attached hydrogens (tertiary/aromatic N) is 5. The number of amides is 1. The normalized spacial score (nSPS) is 13.7. The van der Waals surface area contributed by atoms with Gasteiger partial charge in [-0.05, 0) is 29.8 Å². The van der Waals surface area contributed by atoms with Gasteiger partial charge in [-0.25, -0.2) is 0 Å². The highest BCUT2D eigenvalue weighted by molar-refractivity contribution is 5.78. The van der Waals surface area contributed by atoms with Crippen LogP contribution in [0.2, 0.25) is 0 Å². The Kier molecular flexibility index (Phi) is 4.09. The lowest BCUT2D eigenvalue weighted by atomic mass is 10.1. The predicted octanol–water partition coefficient (Wildman–Crippen LogP) is 2.22. The molecule has 3 aromatic rings. The number of fused-ring (bicyclic) bond motifs is 1. The van der Waals surface area contributed by atoms with Crippen LogP contribution in [-0.2, 0) is 30.7 Å². The molecule has 0 saturated heterocycles. The monoisotopic (exact) mass is 335 g/mol. The lowest BCUT2D eigenvalue weighted by Crippen LogP contribution is -2.39. The zero-order chi connectivity index (χ0) is 17.2. The maximum absolute atomic E-state index is 12.6. The summed E-state index contributed by atoms with van der Waals surface area (Å²) in [6.45, 7) is 4.13. The van der Waals surface area contributed by atoms with Gasteiger partial charge < -0.3 is 14.0 Å². The molecule has 1 aliphatic heterocycles. The van der Waals surface area contributed by atoms with Gasteiger partial charge in [0.1, 0.15) is 5.82 Å². The second kappa shape index (κ2) is 6.55. The fourth-order valence-corrected chi connectivity index (χ4v) is 3.27. The molecular formula is C19H21N5O. The van der Waals surface area contributed by atoms with Gasteiger partial charge >= 0.3 is 0 Å². The van der Waals surface area contributed by atoms with Crippen LogP contribution in [0.15, 0.2) is 48.8 Å². The van der Waals surface area contributed by atoms with E-state index in [1.54, 1.807) is 0 Å². The quantitative estimate of drug-likeness (QED) is 0.734. The lowest BCUT2D eigenvalue weighted by molar-refractivity contribution is -0.132. The van der Waals surface area contributed by atoms with E-state index in [-0.39, 0.29) is 5.91 Å². The van der Waals surface area contributed by atoms with E-state index >= 15 is 0 Å². The van der Waals surface area contributed by atoms with Gasteiger partial charge in [-0.3, -0.25) is 4.79 Å². The number of carbonyl (C=O) groups is 1. The first-order chi connectivity index (χ1) is 12.2. The molecule has 0 spiro atoms. The van der Waals surface area contributed by atoms with Crippen molar-refractivity contribution in [2.45, 2.75) is 32.9 Å². The highest BCUT2D eigenvalue weighted by Gasteiger charge is 2.23. The van der Waals surface area contributed by atoms with Crippen LogP contribution in [0.3, 0.4) is 0 Å². The summed E-state index contributed by atoms with van der Waals surface area (Å²) in [5, 5.41) is 8.42. The first kappa shape index (κ1) is 15.6. The molecule has 2 aromatic heterocycles. The second-order valence-electron chi connectivity index (χ2n) is 6.29. The minimum absolute atomic E-state index is 0.140. The van der Waals surface area contributed by atoms with Crippen molar-refractivity contribution in [3.05, 3.63) is 66.0 Å². The summed E-state index contributed by atoms with van der Waals surface area (Å²) in [7, 11) is 0. The molecule has 1 aromatic carbocycles. The van der Waals surface area contributed by atoms with Crippen LogP contribution >= 0.6 is 0 Å². The van der Waals surface area contributed by atoms with Crippen LogP contribution in [-0.4, -0.2) is 36.7 Å². The van der Waals surface area contributed by atoms with Gasteiger partial charge in [0.15, 0.2) is 5.82 Å². The third-order valence-electron chi connectivity index (χ3n) is 4.69. The van der Waals surface area contributed by atoms with Gasteiger partial charge in [0.2, 0.25) is 5.91 Å². The Morgan fingerprint density at radius 3 is 2.56 bits per heavy atom. The molecule has 128 valence electrons. The fourth-order valence-electron chi connectivity index (χ4n) is 3.27. The van der Waals surface area contributed by atoms with Crippen molar-refractivity contribution in [3.8, 4) is 5.69 Å². The average Bonchev–Trinajstić information content (AvgIpc) is 3.31. The van der Waals surface area contributed by atoms with Crippen LogP contribution in [0.4, 0.5) is 0 Å². The van der Waals surface area contributed by atoms with Crippen LogP contribution in [0.5, 0.6) is 0 Å². The van der Waals surface area contributed by atoms with Crippen molar-refractivity contribution >= 4 is 5.91 Å². The molecule has 0 atom stereocenters. The number of rotatable bonds is 4. The molecule has 0 fully saturated rings. The Morgan fingerprint density at radius 1 is 1.08 bits per heavy atom. The predicted molar refractivity (Wildman–Crippen MR) is 94.3 cm³/mol. The minimum Gasteiger partial charge on any atom is -0.333 e. The molecule has 1 amide bonds. The van der Waals surface area contributed by atoms with Crippen molar-refractivity contribution in [1.29, 1.82) is 0 Å². The Hall–Kier alpha value is -2.89. The van der Waals surface area contributed by atoms with Crippen molar-refractivity contribution in [2.75, 3.05) is 6.54 Å². The van der Waals surface area contributed by atoms with Crippen LogP contribution < -0.4 is 0 Å². The van der Waals surface area contributed by atoms with E-state index in [2.05, 4.69) is 21.7 Å². The van der Waals surface area contributed by atoms with E-state index < -0.39 is 0 Å². The Morgan fingerprint density at radius 2 is 1.84 bits per heavy atom. The van der Waals surface area contributed by atoms with Crippen molar-refractivity contribution < 1.29 is 4.79 Å². The molecule has 1 aliphatic rings. The van der Waals surface area contributed by atoms with Crippen molar-refractivity contribution in [3.63, 3.8) is 0 Å². The van der Waals surface area contributed by atoms with Gasteiger partial charge in [0, 0.05) is 37.6 Å². The van der Waals surface area contributed by atoms with Gasteiger partial charge in [-0.15, -0.1) is 10.2 Å². The van der Waals surface area contributed by atoms with E-state index in [0.717, 1.165) is 42.4 Å². The van der Waals surface area contributed by atoms with Gasteiger partial charge in [0.25, 0.3) is 0 Å². The largest absolute Gasteiger partial charge is 0.333 e. The van der Waals surface area contributed by atoms with E-state index in [0.29, 0.717) is 13.0 Å². The van der Waals surface area contributed by atoms with Crippen molar-refractivity contribution in [2.24, 2.45) is 0 Å². The molecular weight excluding hydrogens is 314 g/mol. The van der Waals surface area contributed by atoms with Gasteiger partial charge in [-0.1, -0.05) is 19.1 Å². The first-order valence-electron chi connectivity index (χ1n) is 8.65. The SMILES string of the molecule is CCc1nnc2n1CCN(C(=O)Cc1ccc(-n3cccc3)cc1)C2. The summed E-state index contributed by atoms with van der Waals surface area (Å²) in [5.74, 6) is 2.03. The van der Waals surface area contributed by atoms with Crippen LogP contribution in [0.1, 0.15) is 24.1 Å². The Balaban J connectivity index is 1.42. The van der Waals surface area contributed by atoms with Gasteiger partial charge in [-0.2, -0.15) is 0 Å². The third-order valence-corrected chi connectivity index (χ3v) is 4.69. The van der Waals surface area contributed by atoms with Crippen molar-refractivity contribution in [1.82, 2.24) is 24.2 Å². The smallest absolute Gasteiger partial charge is 0.227 e. The first-order valence-corrected chi connectivity index (χ1v) is 8.65. The number of hydrogen-bond acceptors (Lipinski definition) is 3. The van der Waals surface area contributed by atoms with Crippen LogP contribution in [0, 0.1) is 0 Å². The topological polar surface area (TPSA) is 56.0 Å². The second-order valence-corrected chi connectivity index (χ2v) is 6.29. The molecule has 0 bridgehead atoms. The zero-order valence-electron chi connectivity index (χ0n) is 14.3. The molecule has 0 saturated carbocycles. The van der Waals surface area contributed by atoms with E-state index in [1.807, 2.05) is 58.3 Å². The highest BCUT2D eigenvalue weighted by atomic mass is 16.2. The third kappa shape index (κ3) is 3.07. The van der Waals surface area contributed by atoms with Crippen LogP contribution in [0.25, 0.3) is 5.69 Å². The molecule has 0 unspecified atom stereocenters. The molecule has 25 heavy (non-hydrogen) atoms. The molecule has 6 heteroatoms. The molecule has 4 rings (SSSR count). The fraction of sp³-hybridized carbons (Fsp3) is 0.316. The molecule has 0 N–H and O–H groups in total. The summed E-state index contributed by atoms with van der Waals surface area (Å²) < 4.78 is 4.18. The summed E-state index contributed by atoms with van der Waals surface area (Å²) in [6, 6.07) is 12.1. The number of benzene rings is 1. The summed E-state index contributed by atoms with van der Waals surface area (Å²) >= 11 is 0. The van der Waals surface area contributed by atoms with E-state index in [1.165, 1.54) is 0 Å². The van der Waals surface area contributed by atoms with Gasteiger partial charge in [0.05, 0.1) is 13.0 Å². The standard InChI is InChI=1S/C19H21N5O/c1-2-17-20-21-18-14-23(11-12-24(17)18)19(25)13-15-5-7-16(8-6-15)22-9-3-4-10-22/h3-10H,2,11-14H2,1H3. The maximum Gasteiger partial charge on any atom is 0.227 e. The Labute approximate surface area is 146 Å². The molecule has 3 heterocycles. The number of aryl methyl sites for hydroxylation is 1. The molecule has 0 aliphatic carbocycles. The summed E-state index contributed by atoms with van der Waals surface area (Å²) in [4.78, 5) is 14.5.